The number of aromatic nitrogens is 1. The second-order valence-corrected chi connectivity index (χ2v) is 5.29. The summed E-state index contributed by atoms with van der Waals surface area (Å²) in [7, 11) is 3.50. The highest BCUT2D eigenvalue weighted by Crippen LogP contribution is 2.24. The minimum atomic E-state index is -0.0105. The summed E-state index contributed by atoms with van der Waals surface area (Å²) < 4.78 is 0. The van der Waals surface area contributed by atoms with Gasteiger partial charge in [-0.05, 0) is 17.7 Å². The van der Waals surface area contributed by atoms with E-state index in [1.807, 2.05) is 24.3 Å². The quantitative estimate of drug-likeness (QED) is 0.802. The molecule has 0 spiro atoms. The van der Waals surface area contributed by atoms with Crippen LogP contribution in [-0.2, 0) is 5.75 Å². The lowest BCUT2D eigenvalue weighted by molar-refractivity contribution is 0.0823. The Morgan fingerprint density at radius 1 is 1.16 bits per heavy atom. The van der Waals surface area contributed by atoms with Gasteiger partial charge in [-0.2, -0.15) is 0 Å². The Kier molecular flexibility index (Phi) is 4.58. The molecule has 1 aromatic heterocycles. The molecule has 4 heteroatoms. The highest BCUT2D eigenvalue weighted by Gasteiger charge is 2.14. The molecule has 0 aliphatic rings. The molecule has 0 atom stereocenters. The van der Waals surface area contributed by atoms with Crippen LogP contribution >= 0.6 is 11.8 Å². The molecule has 0 fully saturated rings. The molecule has 1 heterocycles. The zero-order valence-electron chi connectivity index (χ0n) is 11.0. The fraction of sp³-hybridized carbons (Fsp3) is 0.200. The van der Waals surface area contributed by atoms with Gasteiger partial charge in [-0.3, -0.25) is 4.79 Å². The van der Waals surface area contributed by atoms with Crippen LogP contribution in [0, 0.1) is 0 Å². The van der Waals surface area contributed by atoms with Crippen LogP contribution in [-0.4, -0.2) is 29.9 Å². The number of carbonyl (C=O) groups is 1. The first-order valence-electron chi connectivity index (χ1n) is 6.02. The Morgan fingerprint density at radius 2 is 1.89 bits per heavy atom. The van der Waals surface area contributed by atoms with Crippen LogP contribution < -0.4 is 0 Å². The molecule has 0 unspecified atom stereocenters. The molecule has 2 rings (SSSR count). The normalized spacial score (nSPS) is 10.2. The lowest BCUT2D eigenvalue weighted by atomic mass is 10.2. The number of pyridine rings is 1. The number of thioether (sulfide) groups is 1. The van der Waals surface area contributed by atoms with E-state index < -0.39 is 0 Å². The fourth-order valence-corrected chi connectivity index (χ4v) is 2.58. The molecule has 1 amide bonds. The van der Waals surface area contributed by atoms with Crippen LogP contribution in [0.25, 0.3) is 0 Å². The minimum Gasteiger partial charge on any atom is -0.345 e. The number of hydrogen-bond donors (Lipinski definition) is 0. The topological polar surface area (TPSA) is 33.2 Å². The maximum atomic E-state index is 12.0. The van der Waals surface area contributed by atoms with Gasteiger partial charge in [0.2, 0.25) is 0 Å². The van der Waals surface area contributed by atoms with E-state index in [2.05, 4.69) is 17.1 Å². The van der Waals surface area contributed by atoms with Crippen molar-refractivity contribution in [2.45, 2.75) is 10.8 Å². The summed E-state index contributed by atoms with van der Waals surface area (Å²) in [5.74, 6) is 0.801. The van der Waals surface area contributed by atoms with E-state index in [1.54, 1.807) is 43.0 Å². The molecule has 0 bridgehead atoms. The average molecular weight is 272 g/mol. The minimum absolute atomic E-state index is 0.0105. The molecule has 19 heavy (non-hydrogen) atoms. The highest BCUT2D eigenvalue weighted by atomic mass is 32.2. The van der Waals surface area contributed by atoms with Crippen LogP contribution in [0.4, 0.5) is 0 Å². The van der Waals surface area contributed by atoms with Gasteiger partial charge >= 0.3 is 0 Å². The number of rotatable bonds is 4. The van der Waals surface area contributed by atoms with Gasteiger partial charge in [-0.15, -0.1) is 11.8 Å². The second-order valence-electron chi connectivity index (χ2n) is 4.33. The Bertz CT molecular complexity index is 555. The summed E-state index contributed by atoms with van der Waals surface area (Å²) in [6.45, 7) is 0. The monoisotopic (exact) mass is 272 g/mol. The molecular weight excluding hydrogens is 256 g/mol. The van der Waals surface area contributed by atoms with Gasteiger partial charge in [0.15, 0.2) is 0 Å². The Labute approximate surface area is 117 Å². The number of carbonyl (C=O) groups excluding carboxylic acids is 1. The molecule has 0 radical (unpaired) electrons. The fourth-order valence-electron chi connectivity index (χ4n) is 1.64. The van der Waals surface area contributed by atoms with Gasteiger partial charge in [0.1, 0.15) is 5.03 Å². The Hall–Kier alpha value is -1.81. The average Bonchev–Trinajstić information content (AvgIpc) is 2.45. The van der Waals surface area contributed by atoms with Gasteiger partial charge in [-0.25, -0.2) is 4.98 Å². The first-order valence-corrected chi connectivity index (χ1v) is 7.00. The molecule has 3 nitrogen and oxygen atoms in total. The molecular formula is C15H16N2OS. The van der Waals surface area contributed by atoms with Crippen molar-refractivity contribution in [2.24, 2.45) is 0 Å². The van der Waals surface area contributed by atoms with Crippen LogP contribution in [0.1, 0.15) is 15.9 Å². The first-order chi connectivity index (χ1) is 9.18. The molecule has 0 N–H and O–H groups in total. The Balaban J connectivity index is 2.14. The molecule has 0 saturated carbocycles. The zero-order chi connectivity index (χ0) is 13.7. The summed E-state index contributed by atoms with van der Waals surface area (Å²) in [6.07, 6.45) is 1.72. The highest BCUT2D eigenvalue weighted by molar-refractivity contribution is 7.98. The largest absolute Gasteiger partial charge is 0.345 e. The van der Waals surface area contributed by atoms with E-state index in [0.29, 0.717) is 5.56 Å². The van der Waals surface area contributed by atoms with Crippen molar-refractivity contribution in [3.05, 3.63) is 59.8 Å². The van der Waals surface area contributed by atoms with Crippen molar-refractivity contribution in [1.82, 2.24) is 9.88 Å². The zero-order valence-corrected chi connectivity index (χ0v) is 11.9. The smallest absolute Gasteiger partial charge is 0.256 e. The summed E-state index contributed by atoms with van der Waals surface area (Å²) in [5, 5.41) is 0.782. The van der Waals surface area contributed by atoms with Gasteiger partial charge < -0.3 is 4.90 Å². The molecule has 0 aliphatic heterocycles. The lowest BCUT2D eigenvalue weighted by Crippen LogP contribution is -2.22. The van der Waals surface area contributed by atoms with Crippen LogP contribution in [0.2, 0.25) is 0 Å². The molecule has 2 aromatic rings. The van der Waals surface area contributed by atoms with E-state index in [1.165, 1.54) is 5.56 Å². The predicted molar refractivity (Wildman–Crippen MR) is 78.3 cm³/mol. The summed E-state index contributed by atoms with van der Waals surface area (Å²) >= 11 is 1.59. The van der Waals surface area contributed by atoms with Crippen molar-refractivity contribution in [2.75, 3.05) is 14.1 Å². The number of benzene rings is 1. The third-order valence-electron chi connectivity index (χ3n) is 2.63. The molecule has 0 saturated heterocycles. The van der Waals surface area contributed by atoms with Crippen molar-refractivity contribution in [3.8, 4) is 0 Å². The number of hydrogen-bond acceptors (Lipinski definition) is 3. The van der Waals surface area contributed by atoms with Gasteiger partial charge in [0.05, 0.1) is 5.56 Å². The standard InChI is InChI=1S/C15H16N2OS/c1-17(2)15(18)13-9-6-10-16-14(13)19-11-12-7-4-3-5-8-12/h3-10H,11H2,1-2H3. The van der Waals surface area contributed by atoms with Crippen LogP contribution in [0.15, 0.2) is 53.7 Å². The van der Waals surface area contributed by atoms with Crippen molar-refractivity contribution in [1.29, 1.82) is 0 Å². The van der Waals surface area contributed by atoms with Gasteiger partial charge in [0, 0.05) is 26.0 Å². The number of nitrogens with zero attached hydrogens (tertiary/aromatic N) is 2. The van der Waals surface area contributed by atoms with E-state index >= 15 is 0 Å². The van der Waals surface area contributed by atoms with E-state index in [9.17, 15) is 4.79 Å². The maximum absolute atomic E-state index is 12.0. The maximum Gasteiger partial charge on any atom is 0.256 e. The molecule has 98 valence electrons. The third kappa shape index (κ3) is 3.58. The third-order valence-corrected chi connectivity index (χ3v) is 3.70. The van der Waals surface area contributed by atoms with E-state index in [4.69, 9.17) is 0 Å². The SMILES string of the molecule is CN(C)C(=O)c1cccnc1SCc1ccccc1. The van der Waals surface area contributed by atoms with Crippen LogP contribution in [0.3, 0.4) is 0 Å². The summed E-state index contributed by atoms with van der Waals surface area (Å²) in [5.41, 5.74) is 1.88. The second kappa shape index (κ2) is 6.38. The van der Waals surface area contributed by atoms with Crippen molar-refractivity contribution < 1.29 is 4.79 Å². The van der Waals surface area contributed by atoms with Crippen molar-refractivity contribution >= 4 is 17.7 Å². The van der Waals surface area contributed by atoms with Crippen molar-refractivity contribution in [3.63, 3.8) is 0 Å². The number of amides is 1. The van der Waals surface area contributed by atoms with Gasteiger partial charge in [-0.1, -0.05) is 30.3 Å². The van der Waals surface area contributed by atoms with Crippen LogP contribution in [0.5, 0.6) is 0 Å². The van der Waals surface area contributed by atoms with E-state index in [0.717, 1.165) is 10.8 Å². The summed E-state index contributed by atoms with van der Waals surface area (Å²) in [6, 6.07) is 13.8. The predicted octanol–water partition coefficient (Wildman–Crippen LogP) is 3.08. The van der Waals surface area contributed by atoms with E-state index in [-0.39, 0.29) is 5.91 Å². The Morgan fingerprint density at radius 3 is 2.58 bits per heavy atom. The molecule has 1 aromatic carbocycles. The summed E-state index contributed by atoms with van der Waals surface area (Å²) in [4.78, 5) is 17.9. The first kappa shape index (κ1) is 13.6. The van der Waals surface area contributed by atoms with Gasteiger partial charge in [0.25, 0.3) is 5.91 Å². The molecule has 0 aliphatic carbocycles. The lowest BCUT2D eigenvalue weighted by Gasteiger charge is -2.12.